The molecule has 2 N–H and O–H groups in total. The molecule has 1 aromatic heterocycles. The van der Waals surface area contributed by atoms with Crippen LogP contribution >= 0.6 is 0 Å². The predicted octanol–water partition coefficient (Wildman–Crippen LogP) is 2.19. The van der Waals surface area contributed by atoms with E-state index in [2.05, 4.69) is 10.2 Å². The van der Waals surface area contributed by atoms with Crippen LogP contribution in [-0.4, -0.2) is 27.5 Å². The molecule has 2 heterocycles. The minimum Gasteiger partial charge on any atom is -0.338 e. The summed E-state index contributed by atoms with van der Waals surface area (Å²) in [7, 11) is 0. The zero-order valence-electron chi connectivity index (χ0n) is 13.6. The van der Waals surface area contributed by atoms with Crippen LogP contribution in [0.1, 0.15) is 56.2 Å². The van der Waals surface area contributed by atoms with Crippen LogP contribution in [0.5, 0.6) is 0 Å². The van der Waals surface area contributed by atoms with Gasteiger partial charge in [-0.25, -0.2) is 0 Å². The Morgan fingerprint density at radius 1 is 1.09 bits per heavy atom. The van der Waals surface area contributed by atoms with Gasteiger partial charge < -0.3 is 10.00 Å². The van der Waals surface area contributed by atoms with E-state index >= 15 is 0 Å². The Morgan fingerprint density at radius 3 is 2.39 bits per heavy atom. The number of aromatic amines is 2. The van der Waals surface area contributed by atoms with E-state index in [1.165, 1.54) is 38.5 Å². The highest BCUT2D eigenvalue weighted by Gasteiger charge is 2.51. The van der Waals surface area contributed by atoms with E-state index in [-0.39, 0.29) is 16.9 Å². The van der Waals surface area contributed by atoms with Gasteiger partial charge in [-0.2, -0.15) is 0 Å². The van der Waals surface area contributed by atoms with Crippen molar-refractivity contribution >= 4 is 5.91 Å². The molecule has 0 spiro atoms. The molecule has 4 saturated carbocycles. The average Bonchev–Trinajstić information content (AvgIpc) is 2.86. The van der Waals surface area contributed by atoms with Crippen LogP contribution in [0.2, 0.25) is 0 Å². The second kappa shape index (κ2) is 4.74. The Balaban J connectivity index is 1.33. The third kappa shape index (κ3) is 2.19. The molecule has 0 aromatic carbocycles. The van der Waals surface area contributed by atoms with Crippen molar-refractivity contribution in [2.24, 2.45) is 23.2 Å². The highest BCUT2D eigenvalue weighted by atomic mass is 16.2. The molecular formula is C18H25N3O2. The Labute approximate surface area is 135 Å². The van der Waals surface area contributed by atoms with Gasteiger partial charge in [0.25, 0.3) is 5.56 Å². The van der Waals surface area contributed by atoms with Crippen LogP contribution in [0.3, 0.4) is 0 Å². The second-order valence-electron chi connectivity index (χ2n) is 8.70. The minimum atomic E-state index is -0.0627. The topological polar surface area (TPSA) is 69.0 Å². The van der Waals surface area contributed by atoms with Gasteiger partial charge in [-0.05, 0) is 61.7 Å². The molecular weight excluding hydrogens is 290 g/mol. The quantitative estimate of drug-likeness (QED) is 0.878. The lowest BCUT2D eigenvalue weighted by Gasteiger charge is -2.57. The number of fused-ring (bicyclic) bond motifs is 1. The van der Waals surface area contributed by atoms with Crippen molar-refractivity contribution in [2.45, 2.75) is 57.9 Å². The number of nitrogens with zero attached hydrogens (tertiary/aromatic N) is 1. The van der Waals surface area contributed by atoms with Crippen LogP contribution < -0.4 is 5.56 Å². The number of hydrogen-bond acceptors (Lipinski definition) is 2. The van der Waals surface area contributed by atoms with E-state index < -0.39 is 0 Å². The Morgan fingerprint density at radius 2 is 1.74 bits per heavy atom. The van der Waals surface area contributed by atoms with Crippen molar-refractivity contribution < 1.29 is 4.79 Å². The number of H-pyrrole nitrogens is 2. The molecule has 4 fully saturated rings. The summed E-state index contributed by atoms with van der Waals surface area (Å²) in [6.45, 7) is 1.23. The normalized spacial score (nSPS) is 37.9. The summed E-state index contributed by atoms with van der Waals surface area (Å²) in [5.41, 5.74) is 1.97. The van der Waals surface area contributed by atoms with Crippen molar-refractivity contribution in [3.63, 3.8) is 0 Å². The van der Waals surface area contributed by atoms with Gasteiger partial charge in [0.05, 0.1) is 12.1 Å². The molecule has 23 heavy (non-hydrogen) atoms. The number of amides is 1. The average molecular weight is 315 g/mol. The molecule has 0 radical (unpaired) electrons. The molecule has 5 heteroatoms. The Hall–Kier alpha value is -1.52. The molecule has 0 saturated heterocycles. The molecule has 1 aliphatic heterocycles. The monoisotopic (exact) mass is 315 g/mol. The lowest BCUT2D eigenvalue weighted by atomic mass is 9.49. The molecule has 1 amide bonds. The molecule has 0 unspecified atom stereocenters. The summed E-state index contributed by atoms with van der Waals surface area (Å²) in [5.74, 6) is 2.93. The van der Waals surface area contributed by atoms with Crippen molar-refractivity contribution in [1.29, 1.82) is 0 Å². The summed E-state index contributed by atoms with van der Waals surface area (Å²) in [6, 6.07) is 0. The van der Waals surface area contributed by atoms with Crippen molar-refractivity contribution in [2.75, 3.05) is 6.54 Å². The molecule has 5 nitrogen and oxygen atoms in total. The number of carbonyl (C=O) groups excluding carboxylic acids is 1. The number of hydrogen-bond donors (Lipinski definition) is 2. The van der Waals surface area contributed by atoms with E-state index in [1.807, 2.05) is 4.90 Å². The zero-order valence-corrected chi connectivity index (χ0v) is 13.6. The summed E-state index contributed by atoms with van der Waals surface area (Å²) >= 11 is 0. The molecule has 1 aromatic rings. The largest absolute Gasteiger partial charge is 0.338 e. The molecule has 124 valence electrons. The third-order valence-corrected chi connectivity index (χ3v) is 6.99. The molecule has 4 aliphatic carbocycles. The highest BCUT2D eigenvalue weighted by molar-refractivity contribution is 5.77. The van der Waals surface area contributed by atoms with Crippen LogP contribution in [0.4, 0.5) is 0 Å². The van der Waals surface area contributed by atoms with Crippen molar-refractivity contribution in [1.82, 2.24) is 15.1 Å². The molecule has 4 bridgehead atoms. The number of nitrogens with one attached hydrogen (secondary N) is 2. The molecule has 0 atom stereocenters. The van der Waals surface area contributed by atoms with E-state index in [1.54, 1.807) is 0 Å². The number of carbonyl (C=O) groups is 1. The first-order chi connectivity index (χ1) is 11.1. The van der Waals surface area contributed by atoms with Crippen molar-refractivity contribution in [3.8, 4) is 0 Å². The van der Waals surface area contributed by atoms with Gasteiger partial charge in [0, 0.05) is 25.1 Å². The van der Waals surface area contributed by atoms with Gasteiger partial charge >= 0.3 is 0 Å². The van der Waals surface area contributed by atoms with Gasteiger partial charge in [0.15, 0.2) is 0 Å². The van der Waals surface area contributed by atoms with Gasteiger partial charge in [0.1, 0.15) is 0 Å². The minimum absolute atomic E-state index is 0.0627. The first-order valence-electron chi connectivity index (χ1n) is 9.16. The van der Waals surface area contributed by atoms with E-state index in [0.29, 0.717) is 13.0 Å². The third-order valence-electron chi connectivity index (χ3n) is 6.99. The van der Waals surface area contributed by atoms with Crippen LogP contribution in [0.15, 0.2) is 4.79 Å². The maximum absolute atomic E-state index is 12.9. The fourth-order valence-corrected chi connectivity index (χ4v) is 6.47. The first-order valence-corrected chi connectivity index (χ1v) is 9.16. The lowest BCUT2D eigenvalue weighted by Crippen LogP contribution is -2.49. The van der Waals surface area contributed by atoms with Gasteiger partial charge in [-0.3, -0.25) is 14.7 Å². The smallest absolute Gasteiger partial charge is 0.269 e. The van der Waals surface area contributed by atoms with E-state index in [9.17, 15) is 9.59 Å². The summed E-state index contributed by atoms with van der Waals surface area (Å²) in [6.07, 6.45) is 9.55. The maximum Gasteiger partial charge on any atom is 0.269 e. The van der Waals surface area contributed by atoms with Gasteiger partial charge in [-0.15, -0.1) is 0 Å². The van der Waals surface area contributed by atoms with E-state index in [4.69, 9.17) is 0 Å². The van der Waals surface area contributed by atoms with Crippen LogP contribution in [0, 0.1) is 23.2 Å². The zero-order chi connectivity index (χ0) is 15.6. The summed E-state index contributed by atoms with van der Waals surface area (Å²) in [4.78, 5) is 26.7. The van der Waals surface area contributed by atoms with Gasteiger partial charge in [0.2, 0.25) is 5.91 Å². The fourth-order valence-electron chi connectivity index (χ4n) is 6.47. The van der Waals surface area contributed by atoms with E-state index in [0.717, 1.165) is 42.0 Å². The molecule has 6 rings (SSSR count). The van der Waals surface area contributed by atoms with Gasteiger partial charge in [-0.1, -0.05) is 0 Å². The number of aromatic nitrogens is 2. The Bertz CT molecular complexity index is 666. The first kappa shape index (κ1) is 13.9. The summed E-state index contributed by atoms with van der Waals surface area (Å²) in [5, 5.41) is 5.58. The SMILES string of the molecule is O=C(CC12CC3CC(CC(C3)C1)C2)N1CCc2[nH][nH]c(=O)c2C1. The maximum atomic E-state index is 12.9. The highest BCUT2D eigenvalue weighted by Crippen LogP contribution is 2.61. The van der Waals surface area contributed by atoms with Crippen LogP contribution in [-0.2, 0) is 17.8 Å². The number of rotatable bonds is 2. The van der Waals surface area contributed by atoms with Crippen LogP contribution in [0.25, 0.3) is 0 Å². The molecule has 5 aliphatic rings. The Kier molecular flexibility index (Phi) is 2.86. The second-order valence-corrected chi connectivity index (χ2v) is 8.70. The summed E-state index contributed by atoms with van der Waals surface area (Å²) < 4.78 is 0. The standard InChI is InChI=1S/C18H25N3O2/c22-16(21-2-1-15-14(10-21)17(23)20-19-15)9-18-6-11-3-12(7-18)5-13(4-11)8-18/h11-13H,1-10H2,(H2,19,20,23). The van der Waals surface area contributed by atoms with Crippen molar-refractivity contribution in [3.05, 3.63) is 21.6 Å². The lowest BCUT2D eigenvalue weighted by molar-refractivity contribution is -0.140. The fraction of sp³-hybridized carbons (Fsp3) is 0.778. The predicted molar refractivity (Wildman–Crippen MR) is 85.8 cm³/mol.